The summed E-state index contributed by atoms with van der Waals surface area (Å²) in [6.07, 6.45) is 0.114. The van der Waals surface area contributed by atoms with Gasteiger partial charge in [0, 0.05) is 11.6 Å². The lowest BCUT2D eigenvalue weighted by Gasteiger charge is -1.99. The van der Waals surface area contributed by atoms with E-state index in [9.17, 15) is 13.6 Å². The highest BCUT2D eigenvalue weighted by Crippen LogP contribution is 2.13. The number of benzene rings is 1. The van der Waals surface area contributed by atoms with E-state index in [-0.39, 0.29) is 23.8 Å². The van der Waals surface area contributed by atoms with Gasteiger partial charge >= 0.3 is 0 Å². The Labute approximate surface area is 73.4 Å². The van der Waals surface area contributed by atoms with Gasteiger partial charge in [0.1, 0.15) is 11.6 Å². The molecular weight excluding hydrogens is 176 g/mol. The lowest BCUT2D eigenvalue weighted by atomic mass is 10.1. The average Bonchev–Trinajstić information content (AvgIpc) is 2.10. The Kier molecular flexibility index (Phi) is 2.70. The van der Waals surface area contributed by atoms with Crippen molar-refractivity contribution in [1.82, 2.24) is 0 Å². The van der Waals surface area contributed by atoms with Crippen molar-refractivity contribution in [3.63, 3.8) is 0 Å². The molecule has 0 aromatic heterocycles. The number of halogens is 2. The molecule has 0 N–H and O–H groups in total. The van der Waals surface area contributed by atoms with E-state index in [1.54, 1.807) is 6.07 Å². The van der Waals surface area contributed by atoms with E-state index < -0.39 is 11.6 Å². The third-order valence-electron chi connectivity index (χ3n) is 1.56. The molecule has 4 heteroatoms. The van der Waals surface area contributed by atoms with Crippen LogP contribution in [0.15, 0.2) is 12.1 Å². The summed E-state index contributed by atoms with van der Waals surface area (Å²) in [6.45, 7) is 0. The molecule has 0 saturated carbocycles. The second kappa shape index (κ2) is 3.76. The van der Waals surface area contributed by atoms with Gasteiger partial charge in [0.25, 0.3) is 0 Å². The zero-order chi connectivity index (χ0) is 9.84. The molecule has 1 aromatic rings. The van der Waals surface area contributed by atoms with Crippen molar-refractivity contribution in [2.24, 2.45) is 0 Å². The molecule has 0 atom stereocenters. The first-order valence-corrected chi connectivity index (χ1v) is 3.49. The van der Waals surface area contributed by atoms with Crippen LogP contribution in [0.1, 0.15) is 15.9 Å². The summed E-state index contributed by atoms with van der Waals surface area (Å²) >= 11 is 0. The second-order valence-corrected chi connectivity index (χ2v) is 2.42. The summed E-state index contributed by atoms with van der Waals surface area (Å²) in [4.78, 5) is 10.2. The molecule has 0 aliphatic rings. The number of nitrogens with zero attached hydrogens (tertiary/aromatic N) is 1. The molecule has 0 fully saturated rings. The fourth-order valence-electron chi connectivity index (χ4n) is 0.924. The number of nitriles is 1. The van der Waals surface area contributed by atoms with E-state index in [4.69, 9.17) is 5.26 Å². The number of carbonyl (C=O) groups is 1. The number of aldehydes is 1. The normalized spacial score (nSPS) is 9.31. The molecule has 0 saturated heterocycles. The molecule has 1 aromatic carbocycles. The highest BCUT2D eigenvalue weighted by Gasteiger charge is 2.08. The van der Waals surface area contributed by atoms with E-state index in [0.717, 1.165) is 6.07 Å². The second-order valence-electron chi connectivity index (χ2n) is 2.42. The fourth-order valence-corrected chi connectivity index (χ4v) is 0.924. The molecule has 0 radical (unpaired) electrons. The smallest absolute Gasteiger partial charge is 0.153 e. The predicted molar refractivity (Wildman–Crippen MR) is 41.1 cm³/mol. The van der Waals surface area contributed by atoms with Gasteiger partial charge in [0.15, 0.2) is 6.29 Å². The first-order valence-electron chi connectivity index (χ1n) is 3.49. The van der Waals surface area contributed by atoms with Crippen LogP contribution in [0.5, 0.6) is 0 Å². The molecule has 13 heavy (non-hydrogen) atoms. The SMILES string of the molecule is N#CCc1cc(C=O)c(F)cc1F. The van der Waals surface area contributed by atoms with Gasteiger partial charge < -0.3 is 0 Å². The van der Waals surface area contributed by atoms with Crippen LogP contribution < -0.4 is 0 Å². The van der Waals surface area contributed by atoms with Gasteiger partial charge in [-0.25, -0.2) is 8.78 Å². The van der Waals surface area contributed by atoms with E-state index in [1.807, 2.05) is 0 Å². The lowest BCUT2D eigenvalue weighted by Crippen LogP contribution is -1.95. The van der Waals surface area contributed by atoms with Crippen molar-refractivity contribution in [2.75, 3.05) is 0 Å². The third-order valence-corrected chi connectivity index (χ3v) is 1.56. The number of rotatable bonds is 2. The van der Waals surface area contributed by atoms with Gasteiger partial charge in [-0.1, -0.05) is 0 Å². The Morgan fingerprint density at radius 1 is 1.38 bits per heavy atom. The minimum Gasteiger partial charge on any atom is -0.298 e. The lowest BCUT2D eigenvalue weighted by molar-refractivity contribution is 0.111. The Morgan fingerprint density at radius 3 is 2.62 bits per heavy atom. The minimum absolute atomic E-state index is 0.0333. The molecule has 2 nitrogen and oxygen atoms in total. The van der Waals surface area contributed by atoms with Gasteiger partial charge in [-0.15, -0.1) is 0 Å². The van der Waals surface area contributed by atoms with Crippen LogP contribution in [0.3, 0.4) is 0 Å². The van der Waals surface area contributed by atoms with Crippen molar-refractivity contribution in [3.8, 4) is 6.07 Å². The van der Waals surface area contributed by atoms with E-state index >= 15 is 0 Å². The minimum atomic E-state index is -0.908. The number of hydrogen-bond donors (Lipinski definition) is 0. The molecule has 0 bridgehead atoms. The largest absolute Gasteiger partial charge is 0.298 e. The van der Waals surface area contributed by atoms with Crippen LogP contribution in [-0.2, 0) is 6.42 Å². The van der Waals surface area contributed by atoms with Gasteiger partial charge in [-0.3, -0.25) is 4.79 Å². The maximum absolute atomic E-state index is 12.8. The zero-order valence-electron chi connectivity index (χ0n) is 6.55. The van der Waals surface area contributed by atoms with E-state index in [1.165, 1.54) is 0 Å². The molecule has 0 spiro atoms. The standard InChI is InChI=1S/C9H5F2NO/c10-8-4-9(11)7(5-13)3-6(8)1-2-12/h3-5H,1H2. The molecule has 0 amide bonds. The van der Waals surface area contributed by atoms with Crippen molar-refractivity contribution in [3.05, 3.63) is 34.9 Å². The summed E-state index contributed by atoms with van der Waals surface area (Å²) in [5.41, 5.74) is -0.197. The van der Waals surface area contributed by atoms with Crippen LogP contribution in [0.4, 0.5) is 8.78 Å². The molecule has 0 heterocycles. The van der Waals surface area contributed by atoms with Crippen LogP contribution in [0.25, 0.3) is 0 Å². The monoisotopic (exact) mass is 181 g/mol. The van der Waals surface area contributed by atoms with Crippen LogP contribution in [0, 0.1) is 23.0 Å². The number of hydrogen-bond acceptors (Lipinski definition) is 2. The molecule has 0 aliphatic carbocycles. The third kappa shape index (κ3) is 1.88. The summed E-state index contributed by atoms with van der Waals surface area (Å²) in [5, 5.41) is 8.28. The Morgan fingerprint density at radius 2 is 2.08 bits per heavy atom. The molecular formula is C9H5F2NO. The van der Waals surface area contributed by atoms with Crippen molar-refractivity contribution in [2.45, 2.75) is 6.42 Å². The highest BCUT2D eigenvalue weighted by molar-refractivity contribution is 5.75. The first kappa shape index (κ1) is 9.33. The Bertz CT molecular complexity index is 382. The van der Waals surface area contributed by atoms with Crippen LogP contribution in [0.2, 0.25) is 0 Å². The highest BCUT2D eigenvalue weighted by atomic mass is 19.1. The zero-order valence-corrected chi connectivity index (χ0v) is 6.55. The summed E-state index contributed by atoms with van der Waals surface area (Å²) in [7, 11) is 0. The maximum Gasteiger partial charge on any atom is 0.153 e. The van der Waals surface area contributed by atoms with Crippen molar-refractivity contribution >= 4 is 6.29 Å². The molecule has 0 aliphatic heterocycles. The topological polar surface area (TPSA) is 40.9 Å². The Hall–Kier alpha value is -1.76. The summed E-state index contributed by atoms with van der Waals surface area (Å²) in [5.74, 6) is -1.71. The van der Waals surface area contributed by atoms with Gasteiger partial charge in [-0.2, -0.15) is 5.26 Å². The summed E-state index contributed by atoms with van der Waals surface area (Å²) in [6, 6.07) is 3.37. The average molecular weight is 181 g/mol. The molecule has 66 valence electrons. The quantitative estimate of drug-likeness (QED) is 0.653. The Balaban J connectivity index is 3.23. The van der Waals surface area contributed by atoms with Crippen LogP contribution >= 0.6 is 0 Å². The fraction of sp³-hybridized carbons (Fsp3) is 0.111. The number of carbonyl (C=O) groups excluding carboxylic acids is 1. The molecule has 0 unspecified atom stereocenters. The van der Waals surface area contributed by atoms with Gasteiger partial charge in [0.2, 0.25) is 0 Å². The van der Waals surface area contributed by atoms with E-state index in [0.29, 0.717) is 6.07 Å². The predicted octanol–water partition coefficient (Wildman–Crippen LogP) is 1.84. The summed E-state index contributed by atoms with van der Waals surface area (Å²) < 4.78 is 25.6. The first-order chi connectivity index (χ1) is 6.19. The van der Waals surface area contributed by atoms with E-state index in [2.05, 4.69) is 0 Å². The van der Waals surface area contributed by atoms with Crippen molar-refractivity contribution in [1.29, 1.82) is 5.26 Å². The maximum atomic E-state index is 12.8. The van der Waals surface area contributed by atoms with Gasteiger partial charge in [-0.05, 0) is 6.07 Å². The van der Waals surface area contributed by atoms with Gasteiger partial charge in [0.05, 0.1) is 18.1 Å². The van der Waals surface area contributed by atoms with Crippen LogP contribution in [-0.4, -0.2) is 6.29 Å². The van der Waals surface area contributed by atoms with Crippen molar-refractivity contribution < 1.29 is 13.6 Å². The molecule has 1 rings (SSSR count).